The van der Waals surface area contributed by atoms with Gasteiger partial charge >= 0.3 is 0 Å². The zero-order valence-electron chi connectivity index (χ0n) is 16.7. The SMILES string of the molecule is Cc1cccc(C(C)C)c1NC(=O)C1CCN(C(=O)c2ccc(Br)cc2)CC1. The van der Waals surface area contributed by atoms with Gasteiger partial charge < -0.3 is 10.2 Å². The first kappa shape index (κ1) is 20.6. The molecule has 0 aromatic heterocycles. The summed E-state index contributed by atoms with van der Waals surface area (Å²) < 4.78 is 0.955. The van der Waals surface area contributed by atoms with Crippen molar-refractivity contribution in [3.8, 4) is 0 Å². The number of amides is 2. The number of carbonyl (C=O) groups is 2. The molecule has 1 fully saturated rings. The fourth-order valence-corrected chi connectivity index (χ4v) is 3.95. The van der Waals surface area contributed by atoms with Crippen molar-refractivity contribution in [2.24, 2.45) is 5.92 Å². The highest BCUT2D eigenvalue weighted by molar-refractivity contribution is 9.10. The van der Waals surface area contributed by atoms with Gasteiger partial charge in [-0.3, -0.25) is 9.59 Å². The molecule has 2 aromatic rings. The second-order valence-corrected chi connectivity index (χ2v) is 8.67. The zero-order valence-corrected chi connectivity index (χ0v) is 18.3. The molecule has 0 unspecified atom stereocenters. The maximum atomic E-state index is 12.9. The van der Waals surface area contributed by atoms with E-state index in [1.165, 1.54) is 0 Å². The van der Waals surface area contributed by atoms with Gasteiger partial charge in [0.05, 0.1) is 0 Å². The Balaban J connectivity index is 1.62. The first-order chi connectivity index (χ1) is 13.4. The molecular weight excluding hydrogens is 416 g/mol. The molecule has 3 rings (SSSR count). The standard InChI is InChI=1S/C23H27BrN2O2/c1-15(2)20-6-4-5-16(3)21(20)25-22(27)17-11-13-26(14-12-17)23(28)18-7-9-19(24)10-8-18/h4-10,15,17H,11-14H2,1-3H3,(H,25,27). The molecule has 0 bridgehead atoms. The number of hydrogen-bond acceptors (Lipinski definition) is 2. The van der Waals surface area contributed by atoms with Crippen LogP contribution in [0.3, 0.4) is 0 Å². The van der Waals surface area contributed by atoms with E-state index in [1.807, 2.05) is 48.2 Å². The Labute approximate surface area is 175 Å². The van der Waals surface area contributed by atoms with E-state index >= 15 is 0 Å². The zero-order chi connectivity index (χ0) is 20.3. The number of likely N-dealkylation sites (tertiary alicyclic amines) is 1. The summed E-state index contributed by atoms with van der Waals surface area (Å²) >= 11 is 3.39. The molecule has 1 saturated heterocycles. The minimum atomic E-state index is -0.0615. The van der Waals surface area contributed by atoms with Crippen LogP contribution in [0.4, 0.5) is 5.69 Å². The first-order valence-electron chi connectivity index (χ1n) is 9.82. The fourth-order valence-electron chi connectivity index (χ4n) is 3.69. The van der Waals surface area contributed by atoms with E-state index in [0.717, 1.165) is 21.3 Å². The molecule has 1 aliphatic heterocycles. The molecular formula is C23H27BrN2O2. The van der Waals surface area contributed by atoms with E-state index in [-0.39, 0.29) is 17.7 Å². The van der Waals surface area contributed by atoms with Crippen molar-refractivity contribution >= 4 is 33.4 Å². The minimum Gasteiger partial charge on any atom is -0.339 e. The largest absolute Gasteiger partial charge is 0.339 e. The highest BCUT2D eigenvalue weighted by Gasteiger charge is 2.28. The lowest BCUT2D eigenvalue weighted by Crippen LogP contribution is -2.41. The Bertz CT molecular complexity index is 853. The molecule has 1 heterocycles. The van der Waals surface area contributed by atoms with Crippen molar-refractivity contribution < 1.29 is 9.59 Å². The summed E-state index contributed by atoms with van der Waals surface area (Å²) in [5, 5.41) is 3.16. The molecule has 4 nitrogen and oxygen atoms in total. The number of piperidine rings is 1. The lowest BCUT2D eigenvalue weighted by molar-refractivity contribution is -0.121. The maximum Gasteiger partial charge on any atom is 0.253 e. The molecule has 5 heteroatoms. The summed E-state index contributed by atoms with van der Waals surface area (Å²) in [6.45, 7) is 7.52. The van der Waals surface area contributed by atoms with Gasteiger partial charge in [-0.2, -0.15) is 0 Å². The Kier molecular flexibility index (Phi) is 6.55. The van der Waals surface area contributed by atoms with Crippen LogP contribution in [0.25, 0.3) is 0 Å². The van der Waals surface area contributed by atoms with Crippen LogP contribution in [-0.2, 0) is 4.79 Å². The molecule has 148 valence electrons. The minimum absolute atomic E-state index is 0.0346. The monoisotopic (exact) mass is 442 g/mol. The van der Waals surface area contributed by atoms with Gasteiger partial charge in [0.25, 0.3) is 5.91 Å². The van der Waals surface area contributed by atoms with Crippen LogP contribution >= 0.6 is 15.9 Å². The van der Waals surface area contributed by atoms with Crippen molar-refractivity contribution in [2.45, 2.75) is 39.5 Å². The van der Waals surface area contributed by atoms with Crippen LogP contribution in [0.5, 0.6) is 0 Å². The topological polar surface area (TPSA) is 49.4 Å². The van der Waals surface area contributed by atoms with Crippen molar-refractivity contribution in [3.05, 3.63) is 63.6 Å². The molecule has 2 amide bonds. The summed E-state index contributed by atoms with van der Waals surface area (Å²) in [6.07, 6.45) is 1.38. The number of hydrogen-bond donors (Lipinski definition) is 1. The third-order valence-electron chi connectivity index (χ3n) is 5.42. The maximum absolute atomic E-state index is 12.9. The second-order valence-electron chi connectivity index (χ2n) is 7.76. The third kappa shape index (κ3) is 4.64. The van der Waals surface area contributed by atoms with E-state index in [9.17, 15) is 9.59 Å². The molecule has 2 aromatic carbocycles. The van der Waals surface area contributed by atoms with E-state index in [2.05, 4.69) is 41.2 Å². The van der Waals surface area contributed by atoms with E-state index in [1.54, 1.807) is 0 Å². The Morgan fingerprint density at radius 1 is 1.07 bits per heavy atom. The quantitative estimate of drug-likeness (QED) is 0.691. The number of nitrogens with zero attached hydrogens (tertiary/aromatic N) is 1. The predicted octanol–water partition coefficient (Wildman–Crippen LogP) is 5.37. The molecule has 1 N–H and O–H groups in total. The first-order valence-corrected chi connectivity index (χ1v) is 10.6. The van der Waals surface area contributed by atoms with Gasteiger partial charge in [0.15, 0.2) is 0 Å². The molecule has 0 saturated carbocycles. The van der Waals surface area contributed by atoms with Crippen LogP contribution in [0, 0.1) is 12.8 Å². The molecule has 1 aliphatic rings. The smallest absolute Gasteiger partial charge is 0.253 e. The number of benzene rings is 2. The normalized spacial score (nSPS) is 15.0. The van der Waals surface area contributed by atoms with Crippen molar-refractivity contribution in [1.29, 1.82) is 0 Å². The molecule has 0 aliphatic carbocycles. The van der Waals surface area contributed by atoms with Gasteiger partial charge in [0.2, 0.25) is 5.91 Å². The van der Waals surface area contributed by atoms with Crippen LogP contribution in [0.15, 0.2) is 46.9 Å². The average molecular weight is 443 g/mol. The number of halogens is 1. The van der Waals surface area contributed by atoms with Crippen molar-refractivity contribution in [3.63, 3.8) is 0 Å². The summed E-state index contributed by atoms with van der Waals surface area (Å²) in [5.41, 5.74) is 3.88. The highest BCUT2D eigenvalue weighted by Crippen LogP contribution is 2.29. The van der Waals surface area contributed by atoms with Crippen molar-refractivity contribution in [2.75, 3.05) is 18.4 Å². The van der Waals surface area contributed by atoms with Gasteiger partial charge in [-0.25, -0.2) is 0 Å². The van der Waals surface area contributed by atoms with Crippen LogP contribution < -0.4 is 5.32 Å². The van der Waals surface area contributed by atoms with Gasteiger partial charge in [-0.15, -0.1) is 0 Å². The molecule has 0 atom stereocenters. The average Bonchev–Trinajstić information content (AvgIpc) is 2.69. The van der Waals surface area contributed by atoms with Gasteiger partial charge in [0.1, 0.15) is 0 Å². The summed E-state index contributed by atoms with van der Waals surface area (Å²) in [4.78, 5) is 27.4. The van der Waals surface area contributed by atoms with Gasteiger partial charge in [0, 0.05) is 34.7 Å². The number of carbonyl (C=O) groups excluding carboxylic acids is 2. The van der Waals surface area contributed by atoms with E-state index < -0.39 is 0 Å². The third-order valence-corrected chi connectivity index (χ3v) is 5.95. The lowest BCUT2D eigenvalue weighted by atomic mass is 9.94. The van der Waals surface area contributed by atoms with Gasteiger partial charge in [-0.05, 0) is 61.1 Å². The number of anilines is 1. The number of rotatable bonds is 4. The Morgan fingerprint density at radius 2 is 1.71 bits per heavy atom. The summed E-state index contributed by atoms with van der Waals surface area (Å²) in [5.74, 6) is 0.383. The van der Waals surface area contributed by atoms with E-state index in [4.69, 9.17) is 0 Å². The molecule has 0 radical (unpaired) electrons. The second kappa shape index (κ2) is 8.91. The summed E-state index contributed by atoms with van der Waals surface area (Å²) in [6, 6.07) is 13.6. The Hall–Kier alpha value is -2.14. The number of nitrogens with one attached hydrogen (secondary N) is 1. The van der Waals surface area contributed by atoms with Crippen LogP contribution in [0.1, 0.15) is 54.1 Å². The number of para-hydroxylation sites is 1. The lowest BCUT2D eigenvalue weighted by Gasteiger charge is -2.31. The van der Waals surface area contributed by atoms with Gasteiger partial charge in [-0.1, -0.05) is 48.0 Å². The van der Waals surface area contributed by atoms with Crippen molar-refractivity contribution in [1.82, 2.24) is 4.90 Å². The molecule has 28 heavy (non-hydrogen) atoms. The predicted molar refractivity (Wildman–Crippen MR) is 117 cm³/mol. The Morgan fingerprint density at radius 3 is 2.32 bits per heavy atom. The van der Waals surface area contributed by atoms with E-state index in [0.29, 0.717) is 37.4 Å². The van der Waals surface area contributed by atoms with Crippen LogP contribution in [0.2, 0.25) is 0 Å². The summed E-state index contributed by atoms with van der Waals surface area (Å²) in [7, 11) is 0. The number of aryl methyl sites for hydroxylation is 1. The highest BCUT2D eigenvalue weighted by atomic mass is 79.9. The van der Waals surface area contributed by atoms with Crippen LogP contribution in [-0.4, -0.2) is 29.8 Å². The molecule has 0 spiro atoms. The fraction of sp³-hybridized carbons (Fsp3) is 0.391.